The molecule has 2 bridgehead atoms. The maximum atomic E-state index is 5.98. The maximum Gasteiger partial charge on any atom is 0.131 e. The number of hydrogen-bond acceptors (Lipinski definition) is 4. The molecule has 1 aromatic heterocycles. The number of fused-ring (bicyclic) bond motifs is 2. The van der Waals surface area contributed by atoms with E-state index in [1.165, 1.54) is 31.2 Å². The lowest BCUT2D eigenvalue weighted by Crippen LogP contribution is -2.39. The van der Waals surface area contributed by atoms with Gasteiger partial charge >= 0.3 is 0 Å². The van der Waals surface area contributed by atoms with Crippen molar-refractivity contribution < 1.29 is 0 Å². The van der Waals surface area contributed by atoms with Gasteiger partial charge in [0.1, 0.15) is 5.82 Å². The van der Waals surface area contributed by atoms with Crippen LogP contribution in [0.5, 0.6) is 0 Å². The van der Waals surface area contributed by atoms with Crippen molar-refractivity contribution in [3.8, 4) is 0 Å². The minimum Gasteiger partial charge on any atom is -0.327 e. The van der Waals surface area contributed by atoms with Crippen molar-refractivity contribution in [2.45, 2.75) is 69.5 Å². The van der Waals surface area contributed by atoms with Gasteiger partial charge in [-0.15, -0.1) is 0 Å². The van der Waals surface area contributed by atoms with E-state index in [0.717, 1.165) is 30.7 Å². The van der Waals surface area contributed by atoms with Crippen LogP contribution in [0.3, 0.4) is 0 Å². The summed E-state index contributed by atoms with van der Waals surface area (Å²) < 4.78 is 0. The van der Waals surface area contributed by atoms with Crippen LogP contribution >= 0.6 is 0 Å². The van der Waals surface area contributed by atoms with E-state index in [9.17, 15) is 0 Å². The van der Waals surface area contributed by atoms with Gasteiger partial charge in [0.05, 0.1) is 0 Å². The van der Waals surface area contributed by atoms with Gasteiger partial charge in [0.25, 0.3) is 0 Å². The Hall–Kier alpha value is -1.00. The lowest BCUT2D eigenvalue weighted by Gasteiger charge is -2.35. The quantitative estimate of drug-likeness (QED) is 0.913. The number of nitrogens with two attached hydrogens (primary N) is 1. The van der Waals surface area contributed by atoms with E-state index in [4.69, 9.17) is 5.73 Å². The molecule has 110 valence electrons. The molecule has 0 aromatic carbocycles. The fourth-order valence-electron chi connectivity index (χ4n) is 3.75. The molecule has 0 aliphatic carbocycles. The zero-order chi connectivity index (χ0) is 14.1. The molecule has 3 heterocycles. The maximum absolute atomic E-state index is 5.98. The monoisotopic (exact) mass is 274 g/mol. The van der Waals surface area contributed by atoms with Crippen molar-refractivity contribution in [2.24, 2.45) is 5.73 Å². The standard InChI is InChI=1S/C16H26N4/c1-3-13(17)6-11-9-18-16(19-10-11)12-7-14-4-5-15(8-12)20(14)2/h9-10,12-15H,3-8,17H2,1-2H3. The summed E-state index contributed by atoms with van der Waals surface area (Å²) in [6.07, 6.45) is 11.0. The van der Waals surface area contributed by atoms with Crippen LogP contribution in [-0.4, -0.2) is 40.0 Å². The number of rotatable bonds is 4. The number of piperidine rings is 1. The van der Waals surface area contributed by atoms with Crippen LogP contribution < -0.4 is 5.73 Å². The van der Waals surface area contributed by atoms with Crippen molar-refractivity contribution in [3.05, 3.63) is 23.8 Å². The first-order chi connectivity index (χ1) is 9.67. The van der Waals surface area contributed by atoms with Gasteiger partial charge in [-0.1, -0.05) is 6.92 Å². The highest BCUT2D eigenvalue weighted by Gasteiger charge is 2.39. The SMILES string of the molecule is CCC(N)Cc1cnc(C2CC3CCC(C2)N3C)nc1. The highest BCUT2D eigenvalue weighted by molar-refractivity contribution is 5.11. The molecule has 0 radical (unpaired) electrons. The second-order valence-corrected chi connectivity index (χ2v) is 6.54. The Balaban J connectivity index is 1.66. The Kier molecular flexibility index (Phi) is 4.03. The zero-order valence-electron chi connectivity index (χ0n) is 12.6. The normalized spacial score (nSPS) is 31.4. The Morgan fingerprint density at radius 2 is 1.85 bits per heavy atom. The summed E-state index contributed by atoms with van der Waals surface area (Å²) in [5.74, 6) is 1.60. The van der Waals surface area contributed by atoms with Crippen LogP contribution in [0.25, 0.3) is 0 Å². The van der Waals surface area contributed by atoms with Gasteiger partial charge in [0.15, 0.2) is 0 Å². The molecule has 20 heavy (non-hydrogen) atoms. The Morgan fingerprint density at radius 1 is 1.25 bits per heavy atom. The lowest BCUT2D eigenvalue weighted by atomic mass is 9.90. The zero-order valence-corrected chi connectivity index (χ0v) is 12.6. The highest BCUT2D eigenvalue weighted by Crippen LogP contribution is 2.40. The van der Waals surface area contributed by atoms with Gasteiger partial charge in [-0.3, -0.25) is 0 Å². The van der Waals surface area contributed by atoms with Crippen molar-refractivity contribution in [2.75, 3.05) is 7.05 Å². The predicted octanol–water partition coefficient (Wildman–Crippen LogP) is 2.10. The summed E-state index contributed by atoms with van der Waals surface area (Å²) in [5, 5.41) is 0. The summed E-state index contributed by atoms with van der Waals surface area (Å²) in [5.41, 5.74) is 7.15. The van der Waals surface area contributed by atoms with Crippen LogP contribution in [0.15, 0.2) is 12.4 Å². The Labute approximate surface area is 121 Å². The first-order valence-electron chi connectivity index (χ1n) is 7.95. The van der Waals surface area contributed by atoms with Gasteiger partial charge in [-0.05, 0) is 51.1 Å². The number of nitrogens with zero attached hydrogens (tertiary/aromatic N) is 3. The molecule has 2 N–H and O–H groups in total. The van der Waals surface area contributed by atoms with Gasteiger partial charge < -0.3 is 10.6 Å². The third-order valence-corrected chi connectivity index (χ3v) is 5.21. The van der Waals surface area contributed by atoms with E-state index in [1.807, 2.05) is 12.4 Å². The molecular formula is C16H26N4. The average molecular weight is 274 g/mol. The third-order valence-electron chi connectivity index (χ3n) is 5.21. The number of hydrogen-bond donors (Lipinski definition) is 1. The molecule has 3 rings (SSSR count). The minimum atomic E-state index is 0.226. The molecule has 4 nitrogen and oxygen atoms in total. The summed E-state index contributed by atoms with van der Waals surface area (Å²) in [4.78, 5) is 11.8. The Morgan fingerprint density at radius 3 is 2.40 bits per heavy atom. The van der Waals surface area contributed by atoms with Crippen molar-refractivity contribution in [1.29, 1.82) is 0 Å². The molecular weight excluding hydrogens is 248 g/mol. The molecule has 1 aromatic rings. The van der Waals surface area contributed by atoms with Crippen molar-refractivity contribution in [1.82, 2.24) is 14.9 Å². The third kappa shape index (κ3) is 2.72. The van der Waals surface area contributed by atoms with Gasteiger partial charge in [0.2, 0.25) is 0 Å². The van der Waals surface area contributed by atoms with Gasteiger partial charge in [-0.2, -0.15) is 0 Å². The topological polar surface area (TPSA) is 55.0 Å². The molecule has 3 unspecified atom stereocenters. The molecule has 0 saturated carbocycles. The van der Waals surface area contributed by atoms with E-state index < -0.39 is 0 Å². The summed E-state index contributed by atoms with van der Waals surface area (Å²) in [6.45, 7) is 2.12. The Bertz CT molecular complexity index is 430. The second kappa shape index (κ2) is 5.78. The van der Waals surface area contributed by atoms with E-state index in [1.54, 1.807) is 0 Å². The summed E-state index contributed by atoms with van der Waals surface area (Å²) >= 11 is 0. The predicted molar refractivity (Wildman–Crippen MR) is 80.6 cm³/mol. The number of aromatic nitrogens is 2. The molecule has 2 fully saturated rings. The lowest BCUT2D eigenvalue weighted by molar-refractivity contribution is 0.159. The van der Waals surface area contributed by atoms with Crippen molar-refractivity contribution in [3.63, 3.8) is 0 Å². The minimum absolute atomic E-state index is 0.226. The summed E-state index contributed by atoms with van der Waals surface area (Å²) in [6, 6.07) is 1.72. The fourth-order valence-corrected chi connectivity index (χ4v) is 3.75. The first-order valence-corrected chi connectivity index (χ1v) is 7.95. The largest absolute Gasteiger partial charge is 0.327 e. The second-order valence-electron chi connectivity index (χ2n) is 6.54. The molecule has 2 saturated heterocycles. The molecule has 4 heteroatoms. The van der Waals surface area contributed by atoms with Crippen LogP contribution in [0.1, 0.15) is 56.3 Å². The van der Waals surface area contributed by atoms with Gasteiger partial charge in [0, 0.05) is 36.4 Å². The first kappa shape index (κ1) is 14.0. The molecule has 0 spiro atoms. The average Bonchev–Trinajstić information content (AvgIpc) is 2.68. The van der Waals surface area contributed by atoms with E-state index in [2.05, 4.69) is 28.8 Å². The van der Waals surface area contributed by atoms with Crippen LogP contribution in [0, 0.1) is 0 Å². The van der Waals surface area contributed by atoms with Gasteiger partial charge in [-0.25, -0.2) is 9.97 Å². The fraction of sp³-hybridized carbons (Fsp3) is 0.750. The summed E-state index contributed by atoms with van der Waals surface area (Å²) in [7, 11) is 2.27. The van der Waals surface area contributed by atoms with E-state index in [0.29, 0.717) is 5.92 Å². The van der Waals surface area contributed by atoms with Crippen LogP contribution in [-0.2, 0) is 6.42 Å². The van der Waals surface area contributed by atoms with Crippen LogP contribution in [0.4, 0.5) is 0 Å². The van der Waals surface area contributed by atoms with E-state index in [-0.39, 0.29) is 6.04 Å². The molecule has 2 aliphatic rings. The highest BCUT2D eigenvalue weighted by atomic mass is 15.2. The molecule has 3 atom stereocenters. The molecule has 2 aliphatic heterocycles. The van der Waals surface area contributed by atoms with Crippen molar-refractivity contribution >= 4 is 0 Å². The van der Waals surface area contributed by atoms with Crippen LogP contribution in [0.2, 0.25) is 0 Å². The molecule has 0 amide bonds. The smallest absolute Gasteiger partial charge is 0.131 e. The van der Waals surface area contributed by atoms with E-state index >= 15 is 0 Å².